The van der Waals surface area contributed by atoms with Crippen LogP contribution < -0.4 is 0 Å². The maximum Gasteiger partial charge on any atom is 0.255 e. The van der Waals surface area contributed by atoms with Crippen LogP contribution >= 0.6 is 0 Å². The zero-order valence-corrected chi connectivity index (χ0v) is 11.5. The summed E-state index contributed by atoms with van der Waals surface area (Å²) in [5.41, 5.74) is 0.568. The lowest BCUT2D eigenvalue weighted by Gasteiger charge is -2.22. The first-order valence-electron chi connectivity index (χ1n) is 6.74. The molecule has 0 bridgehead atoms. The van der Waals surface area contributed by atoms with Gasteiger partial charge in [-0.25, -0.2) is 4.39 Å². The first-order chi connectivity index (χ1) is 10.2. The minimum atomic E-state index is -0.510. The molecule has 1 aromatic rings. The van der Waals surface area contributed by atoms with Gasteiger partial charge in [0.2, 0.25) is 0 Å². The average Bonchev–Trinajstić information content (AvgIpc) is 3.31. The van der Waals surface area contributed by atoms with Crippen LogP contribution in [0.3, 0.4) is 0 Å². The van der Waals surface area contributed by atoms with E-state index >= 15 is 0 Å². The van der Waals surface area contributed by atoms with Gasteiger partial charge in [0.05, 0.1) is 18.1 Å². The fraction of sp³-hybridized carbons (Fsp3) is 0.375. The van der Waals surface area contributed by atoms with Crippen LogP contribution in [0.15, 0.2) is 18.2 Å². The van der Waals surface area contributed by atoms with Gasteiger partial charge in [-0.3, -0.25) is 4.79 Å². The summed E-state index contributed by atoms with van der Waals surface area (Å²) in [6.45, 7) is 0.00909. The molecule has 1 aliphatic carbocycles. The summed E-state index contributed by atoms with van der Waals surface area (Å²) >= 11 is 0. The number of hydrogen-bond acceptors (Lipinski definition) is 3. The molecule has 0 saturated heterocycles. The number of amides is 1. The van der Waals surface area contributed by atoms with Crippen molar-refractivity contribution in [1.29, 1.82) is 5.26 Å². The Morgan fingerprint density at radius 1 is 1.48 bits per heavy atom. The molecule has 0 aromatic heterocycles. The van der Waals surface area contributed by atoms with Gasteiger partial charge in [-0.05, 0) is 31.0 Å². The molecule has 0 spiro atoms. The number of carbonyl (C=O) groups excluding carboxylic acids is 1. The number of carbonyl (C=O) groups is 1. The molecule has 1 saturated carbocycles. The monoisotopic (exact) mass is 286 g/mol. The molecule has 0 unspecified atom stereocenters. The zero-order valence-electron chi connectivity index (χ0n) is 11.5. The smallest absolute Gasteiger partial charge is 0.255 e. The van der Waals surface area contributed by atoms with Gasteiger partial charge in [-0.2, -0.15) is 5.26 Å². The molecule has 0 aliphatic heterocycles. The van der Waals surface area contributed by atoms with E-state index in [1.807, 2.05) is 6.07 Å². The molecule has 1 amide bonds. The Labute approximate surface area is 122 Å². The lowest BCUT2D eigenvalue weighted by atomic mass is 10.1. The van der Waals surface area contributed by atoms with Gasteiger partial charge < -0.3 is 10.0 Å². The van der Waals surface area contributed by atoms with Gasteiger partial charge in [0.15, 0.2) is 0 Å². The van der Waals surface area contributed by atoms with Crippen molar-refractivity contribution >= 4 is 5.91 Å². The molecule has 0 radical (unpaired) electrons. The summed E-state index contributed by atoms with van der Waals surface area (Å²) in [6, 6.07) is 5.97. The van der Waals surface area contributed by atoms with Crippen molar-refractivity contribution in [2.24, 2.45) is 0 Å². The molecular formula is C16H15FN2O2. The van der Waals surface area contributed by atoms with E-state index in [9.17, 15) is 9.18 Å². The minimum absolute atomic E-state index is 0.132. The highest BCUT2D eigenvalue weighted by Gasteiger charge is 2.33. The number of rotatable bonds is 4. The second kappa shape index (κ2) is 6.88. The molecule has 0 atom stereocenters. The number of aliphatic hydroxyl groups excluding tert-OH is 1. The first-order valence-corrected chi connectivity index (χ1v) is 6.74. The first kappa shape index (κ1) is 15.0. The van der Waals surface area contributed by atoms with E-state index < -0.39 is 5.82 Å². The van der Waals surface area contributed by atoms with Crippen LogP contribution in [-0.2, 0) is 0 Å². The van der Waals surface area contributed by atoms with E-state index in [2.05, 4.69) is 11.8 Å². The Bertz CT molecular complexity index is 636. The topological polar surface area (TPSA) is 64.3 Å². The third-order valence-electron chi connectivity index (χ3n) is 3.23. The predicted octanol–water partition coefficient (Wildman–Crippen LogP) is 1.69. The highest BCUT2D eigenvalue weighted by atomic mass is 19.1. The Morgan fingerprint density at radius 3 is 2.86 bits per heavy atom. The zero-order chi connectivity index (χ0) is 15.2. The number of benzene rings is 1. The molecule has 2 rings (SSSR count). The third kappa shape index (κ3) is 3.81. The summed E-state index contributed by atoms with van der Waals surface area (Å²) in [6.07, 6.45) is 2.06. The molecule has 108 valence electrons. The SMILES string of the molecule is N#CCCN(C(=O)c1cc(F)ccc1C#CCO)C1CC1. The van der Waals surface area contributed by atoms with Crippen molar-refractivity contribution in [3.8, 4) is 17.9 Å². The van der Waals surface area contributed by atoms with Crippen molar-refractivity contribution in [2.75, 3.05) is 13.2 Å². The Morgan fingerprint density at radius 2 is 2.24 bits per heavy atom. The fourth-order valence-corrected chi connectivity index (χ4v) is 2.10. The molecule has 21 heavy (non-hydrogen) atoms. The molecular weight excluding hydrogens is 271 g/mol. The van der Waals surface area contributed by atoms with Gasteiger partial charge in [-0.1, -0.05) is 11.8 Å². The van der Waals surface area contributed by atoms with Crippen molar-refractivity contribution < 1.29 is 14.3 Å². The summed E-state index contributed by atoms with van der Waals surface area (Å²) < 4.78 is 13.4. The van der Waals surface area contributed by atoms with E-state index in [1.54, 1.807) is 4.90 Å². The average molecular weight is 286 g/mol. The van der Waals surface area contributed by atoms with Crippen LogP contribution in [0.4, 0.5) is 4.39 Å². The number of hydrogen-bond donors (Lipinski definition) is 1. The minimum Gasteiger partial charge on any atom is -0.384 e. The van der Waals surface area contributed by atoms with Crippen LogP contribution in [0.25, 0.3) is 0 Å². The van der Waals surface area contributed by atoms with Crippen LogP contribution in [0.2, 0.25) is 0 Å². The van der Waals surface area contributed by atoms with E-state index in [-0.39, 0.29) is 30.5 Å². The highest BCUT2D eigenvalue weighted by Crippen LogP contribution is 2.29. The predicted molar refractivity (Wildman–Crippen MR) is 74.7 cm³/mol. The number of halogens is 1. The molecule has 1 aromatic carbocycles. The standard InChI is InChI=1S/C16H15FN2O2/c17-13-5-4-12(3-1-10-20)15(11-13)16(21)19(9-2-8-18)14-6-7-14/h4-5,11,14,20H,2,6-7,9-10H2. The third-order valence-corrected chi connectivity index (χ3v) is 3.23. The molecule has 1 fully saturated rings. The van der Waals surface area contributed by atoms with Crippen molar-refractivity contribution in [3.63, 3.8) is 0 Å². The van der Waals surface area contributed by atoms with Crippen LogP contribution in [-0.4, -0.2) is 35.1 Å². The Kier molecular flexibility index (Phi) is 4.92. The van der Waals surface area contributed by atoms with Gasteiger partial charge in [0.25, 0.3) is 5.91 Å². The molecule has 4 nitrogen and oxygen atoms in total. The quantitative estimate of drug-likeness (QED) is 0.857. The van der Waals surface area contributed by atoms with Crippen LogP contribution in [0, 0.1) is 29.0 Å². The molecule has 0 heterocycles. The molecule has 1 aliphatic rings. The maximum absolute atomic E-state index is 13.4. The van der Waals surface area contributed by atoms with Crippen molar-refractivity contribution in [3.05, 3.63) is 35.1 Å². The Hall–Kier alpha value is -2.37. The lowest BCUT2D eigenvalue weighted by molar-refractivity contribution is 0.0746. The van der Waals surface area contributed by atoms with Gasteiger partial charge in [-0.15, -0.1) is 0 Å². The molecule has 1 N–H and O–H groups in total. The van der Waals surface area contributed by atoms with Gasteiger partial charge >= 0.3 is 0 Å². The summed E-state index contributed by atoms with van der Waals surface area (Å²) in [5.74, 6) is 4.31. The van der Waals surface area contributed by atoms with E-state index in [4.69, 9.17) is 10.4 Å². The largest absolute Gasteiger partial charge is 0.384 e. The molecule has 5 heteroatoms. The summed E-state index contributed by atoms with van der Waals surface area (Å²) in [4.78, 5) is 14.2. The Balaban J connectivity index is 2.31. The van der Waals surface area contributed by atoms with E-state index in [0.29, 0.717) is 12.1 Å². The lowest BCUT2D eigenvalue weighted by Crippen LogP contribution is -2.34. The van der Waals surface area contributed by atoms with E-state index in [0.717, 1.165) is 18.9 Å². The number of aliphatic hydroxyl groups is 1. The van der Waals surface area contributed by atoms with Crippen molar-refractivity contribution in [2.45, 2.75) is 25.3 Å². The highest BCUT2D eigenvalue weighted by molar-refractivity contribution is 5.97. The van der Waals surface area contributed by atoms with Crippen molar-refractivity contribution in [1.82, 2.24) is 4.90 Å². The maximum atomic E-state index is 13.4. The van der Waals surface area contributed by atoms with Crippen LogP contribution in [0.5, 0.6) is 0 Å². The number of nitrogens with zero attached hydrogens (tertiary/aromatic N) is 2. The number of nitriles is 1. The van der Waals surface area contributed by atoms with Gasteiger partial charge in [0, 0.05) is 18.2 Å². The second-order valence-electron chi connectivity index (χ2n) is 4.79. The summed E-state index contributed by atoms with van der Waals surface area (Å²) in [7, 11) is 0. The van der Waals surface area contributed by atoms with Gasteiger partial charge in [0.1, 0.15) is 12.4 Å². The normalized spacial score (nSPS) is 13.0. The second-order valence-corrected chi connectivity index (χ2v) is 4.79. The summed E-state index contributed by atoms with van der Waals surface area (Å²) in [5, 5.41) is 17.4. The van der Waals surface area contributed by atoms with Crippen LogP contribution in [0.1, 0.15) is 35.2 Å². The van der Waals surface area contributed by atoms with E-state index in [1.165, 1.54) is 12.1 Å². The fourth-order valence-electron chi connectivity index (χ4n) is 2.10.